The van der Waals surface area contributed by atoms with Crippen molar-refractivity contribution in [2.24, 2.45) is 0 Å². The lowest BCUT2D eigenvalue weighted by atomic mass is 10.1. The zero-order valence-electron chi connectivity index (χ0n) is 17.1. The molecule has 0 radical (unpaired) electrons. The summed E-state index contributed by atoms with van der Waals surface area (Å²) < 4.78 is 5.36. The molecule has 1 aliphatic rings. The number of benzene rings is 2. The minimum Gasteiger partial charge on any atom is -0.496 e. The van der Waals surface area contributed by atoms with E-state index in [4.69, 9.17) is 4.74 Å². The normalized spacial score (nSPS) is 16.5. The van der Waals surface area contributed by atoms with Gasteiger partial charge in [-0.15, -0.1) is 0 Å². The second-order valence-corrected chi connectivity index (χ2v) is 7.14. The van der Waals surface area contributed by atoms with Crippen LogP contribution < -0.4 is 10.1 Å². The van der Waals surface area contributed by atoms with Crippen LogP contribution in [0.5, 0.6) is 5.75 Å². The van der Waals surface area contributed by atoms with E-state index in [9.17, 15) is 9.59 Å². The van der Waals surface area contributed by atoms with Gasteiger partial charge in [-0.2, -0.15) is 0 Å². The Kier molecular flexibility index (Phi) is 5.56. The third-order valence-electron chi connectivity index (χ3n) is 5.32. The number of para-hydroxylation sites is 3. The van der Waals surface area contributed by atoms with Crippen molar-refractivity contribution in [2.75, 3.05) is 33.3 Å². The number of aromatic amines is 1. The number of piperazine rings is 1. The first-order valence-electron chi connectivity index (χ1n) is 10.0. The molecule has 0 aliphatic carbocycles. The predicted octanol–water partition coefficient (Wildman–Crippen LogP) is 2.80. The molecule has 1 atom stereocenters. The fourth-order valence-electron chi connectivity index (χ4n) is 3.82. The summed E-state index contributed by atoms with van der Waals surface area (Å²) in [7, 11) is 1.55. The van der Waals surface area contributed by atoms with Crippen LogP contribution in [0.2, 0.25) is 0 Å². The molecule has 1 saturated heterocycles. The molecule has 2 aromatic carbocycles. The highest BCUT2D eigenvalue weighted by Gasteiger charge is 2.36. The quantitative estimate of drug-likeness (QED) is 0.696. The number of amides is 3. The van der Waals surface area contributed by atoms with Crippen LogP contribution in [0.15, 0.2) is 48.5 Å². The number of imidazole rings is 1. The van der Waals surface area contributed by atoms with Gasteiger partial charge in [-0.25, -0.2) is 9.78 Å². The highest BCUT2D eigenvalue weighted by molar-refractivity contribution is 5.97. The molecule has 0 spiro atoms. The summed E-state index contributed by atoms with van der Waals surface area (Å²) in [5, 5.41) is 2.86. The predicted molar refractivity (Wildman–Crippen MR) is 114 cm³/mol. The number of aromatic nitrogens is 2. The summed E-state index contributed by atoms with van der Waals surface area (Å²) in [4.78, 5) is 37.4. The molecule has 0 saturated carbocycles. The zero-order valence-corrected chi connectivity index (χ0v) is 17.1. The summed E-state index contributed by atoms with van der Waals surface area (Å²) in [5.74, 6) is 1.08. The number of rotatable bonds is 4. The average molecular weight is 407 g/mol. The Bertz CT molecular complexity index is 1030. The maximum atomic E-state index is 13.2. The third kappa shape index (κ3) is 3.68. The van der Waals surface area contributed by atoms with E-state index in [0.29, 0.717) is 43.3 Å². The number of carbonyl (C=O) groups is 2. The molecule has 1 aromatic heterocycles. The summed E-state index contributed by atoms with van der Waals surface area (Å²) in [6, 6.07) is 14.4. The summed E-state index contributed by atoms with van der Waals surface area (Å²) in [5.41, 5.74) is 2.24. The lowest BCUT2D eigenvalue weighted by molar-refractivity contribution is 0.0543. The van der Waals surface area contributed by atoms with Gasteiger partial charge in [0.25, 0.3) is 5.91 Å². The monoisotopic (exact) mass is 407 g/mol. The van der Waals surface area contributed by atoms with Crippen molar-refractivity contribution in [3.8, 4) is 5.75 Å². The SMILES string of the molecule is CCNC(=O)N1CCN(C(=O)c2ccccc2OC)CC1c1nc2ccccc2[nH]1. The maximum absolute atomic E-state index is 13.2. The smallest absolute Gasteiger partial charge is 0.318 e. The largest absolute Gasteiger partial charge is 0.496 e. The topological polar surface area (TPSA) is 90.6 Å². The molecule has 4 rings (SSSR count). The van der Waals surface area contributed by atoms with Crippen molar-refractivity contribution in [1.29, 1.82) is 0 Å². The molecule has 2 N–H and O–H groups in total. The Morgan fingerprint density at radius 3 is 2.70 bits per heavy atom. The van der Waals surface area contributed by atoms with Crippen molar-refractivity contribution in [2.45, 2.75) is 13.0 Å². The lowest BCUT2D eigenvalue weighted by Gasteiger charge is -2.40. The van der Waals surface area contributed by atoms with E-state index in [0.717, 1.165) is 11.0 Å². The molecular formula is C22H25N5O3. The number of hydrogen-bond acceptors (Lipinski definition) is 4. The second-order valence-electron chi connectivity index (χ2n) is 7.14. The van der Waals surface area contributed by atoms with Crippen molar-refractivity contribution < 1.29 is 14.3 Å². The van der Waals surface area contributed by atoms with Crippen LogP contribution in [0.3, 0.4) is 0 Å². The van der Waals surface area contributed by atoms with E-state index < -0.39 is 0 Å². The fourth-order valence-corrected chi connectivity index (χ4v) is 3.82. The van der Waals surface area contributed by atoms with Gasteiger partial charge in [0.15, 0.2) is 0 Å². The Morgan fingerprint density at radius 2 is 1.93 bits per heavy atom. The van der Waals surface area contributed by atoms with E-state index >= 15 is 0 Å². The number of hydrogen-bond donors (Lipinski definition) is 2. The van der Waals surface area contributed by atoms with E-state index in [-0.39, 0.29) is 18.0 Å². The molecule has 1 fully saturated rings. The summed E-state index contributed by atoms with van der Waals surface area (Å²) in [6.45, 7) is 3.61. The number of methoxy groups -OCH3 is 1. The molecule has 30 heavy (non-hydrogen) atoms. The molecule has 8 heteroatoms. The molecule has 3 aromatic rings. The molecule has 3 amide bonds. The Hall–Kier alpha value is -3.55. The number of fused-ring (bicyclic) bond motifs is 1. The lowest BCUT2D eigenvalue weighted by Crippen LogP contribution is -2.55. The number of H-pyrrole nitrogens is 1. The van der Waals surface area contributed by atoms with Crippen LogP contribution in [0, 0.1) is 0 Å². The maximum Gasteiger partial charge on any atom is 0.318 e. The molecular weight excluding hydrogens is 382 g/mol. The number of urea groups is 1. The van der Waals surface area contributed by atoms with Gasteiger partial charge in [0.1, 0.15) is 17.6 Å². The number of ether oxygens (including phenoxy) is 1. The first-order valence-corrected chi connectivity index (χ1v) is 10.0. The summed E-state index contributed by atoms with van der Waals surface area (Å²) in [6.07, 6.45) is 0. The van der Waals surface area contributed by atoms with Gasteiger partial charge >= 0.3 is 6.03 Å². The fraction of sp³-hybridized carbons (Fsp3) is 0.318. The van der Waals surface area contributed by atoms with Crippen LogP contribution in [-0.4, -0.2) is 65.0 Å². The minimum atomic E-state index is -0.378. The zero-order chi connectivity index (χ0) is 21.1. The number of nitrogens with one attached hydrogen (secondary N) is 2. The molecule has 0 bridgehead atoms. The van der Waals surface area contributed by atoms with E-state index in [1.165, 1.54) is 0 Å². The van der Waals surface area contributed by atoms with Crippen LogP contribution in [0.4, 0.5) is 4.79 Å². The van der Waals surface area contributed by atoms with Crippen molar-refractivity contribution >= 4 is 23.0 Å². The standard InChI is InChI=1S/C22H25N5O3/c1-3-23-22(29)27-13-12-26(21(28)15-8-4-7-11-19(15)30-2)14-18(27)20-24-16-9-5-6-10-17(16)25-20/h4-11,18H,3,12-14H2,1-2H3,(H,23,29)(H,24,25). The molecule has 1 unspecified atom stereocenters. The van der Waals surface area contributed by atoms with Crippen LogP contribution >= 0.6 is 0 Å². The average Bonchev–Trinajstić information content (AvgIpc) is 3.22. The molecule has 2 heterocycles. The van der Waals surface area contributed by atoms with E-state index in [2.05, 4.69) is 15.3 Å². The van der Waals surface area contributed by atoms with Crippen molar-refractivity contribution in [3.05, 3.63) is 59.9 Å². The third-order valence-corrected chi connectivity index (χ3v) is 5.32. The van der Waals surface area contributed by atoms with Gasteiger partial charge < -0.3 is 24.8 Å². The van der Waals surface area contributed by atoms with Gasteiger partial charge in [0.2, 0.25) is 0 Å². The van der Waals surface area contributed by atoms with Crippen LogP contribution in [-0.2, 0) is 0 Å². The molecule has 156 valence electrons. The van der Waals surface area contributed by atoms with Gasteiger partial charge in [0, 0.05) is 26.2 Å². The minimum absolute atomic E-state index is 0.121. The van der Waals surface area contributed by atoms with Gasteiger partial charge in [0.05, 0.1) is 23.7 Å². The Morgan fingerprint density at radius 1 is 1.17 bits per heavy atom. The van der Waals surface area contributed by atoms with Gasteiger partial charge in [-0.1, -0.05) is 24.3 Å². The van der Waals surface area contributed by atoms with Gasteiger partial charge in [-0.3, -0.25) is 4.79 Å². The van der Waals surface area contributed by atoms with Crippen molar-refractivity contribution in [1.82, 2.24) is 25.1 Å². The van der Waals surface area contributed by atoms with Crippen LogP contribution in [0.25, 0.3) is 11.0 Å². The van der Waals surface area contributed by atoms with Crippen molar-refractivity contribution in [3.63, 3.8) is 0 Å². The Balaban J connectivity index is 1.66. The summed E-state index contributed by atoms with van der Waals surface area (Å²) >= 11 is 0. The Labute approximate surface area is 174 Å². The highest BCUT2D eigenvalue weighted by atomic mass is 16.5. The highest BCUT2D eigenvalue weighted by Crippen LogP contribution is 2.28. The van der Waals surface area contributed by atoms with Crippen LogP contribution in [0.1, 0.15) is 29.1 Å². The molecule has 1 aliphatic heterocycles. The number of carbonyl (C=O) groups excluding carboxylic acids is 2. The molecule has 8 nitrogen and oxygen atoms in total. The second kappa shape index (κ2) is 8.44. The van der Waals surface area contributed by atoms with E-state index in [1.54, 1.807) is 29.0 Å². The first kappa shape index (κ1) is 19.8. The van der Waals surface area contributed by atoms with Gasteiger partial charge in [-0.05, 0) is 31.2 Å². The number of nitrogens with zero attached hydrogens (tertiary/aromatic N) is 3. The van der Waals surface area contributed by atoms with E-state index in [1.807, 2.05) is 43.3 Å². The first-order chi connectivity index (χ1) is 14.6.